The Balaban J connectivity index is 2.22. The van der Waals surface area contributed by atoms with Gasteiger partial charge in [0.1, 0.15) is 0 Å². The standard InChI is InChI=1S/C23H23N/c1-17-5-9-19(10-6-17)23(20-11-7-18(2)8-12-20)21-13-15-22(16-14-21)24(3)4/h5-16H,1H2,2-4H3. The molecule has 0 amide bonds. The predicted octanol–water partition coefficient (Wildman–Crippen LogP) is 3.72. The summed E-state index contributed by atoms with van der Waals surface area (Å²) >= 11 is 0. The van der Waals surface area contributed by atoms with E-state index >= 15 is 0 Å². The van der Waals surface area contributed by atoms with Gasteiger partial charge in [-0.15, -0.1) is 0 Å². The Hall–Kier alpha value is -2.80. The predicted molar refractivity (Wildman–Crippen MR) is 105 cm³/mol. The van der Waals surface area contributed by atoms with Crippen LogP contribution < -0.4 is 15.3 Å². The summed E-state index contributed by atoms with van der Waals surface area (Å²) in [7, 11) is 4.12. The van der Waals surface area contributed by atoms with E-state index in [2.05, 4.69) is 105 Å². The smallest absolute Gasteiger partial charge is 0.0361 e. The zero-order chi connectivity index (χ0) is 17.1. The first-order valence-corrected chi connectivity index (χ1v) is 8.19. The van der Waals surface area contributed by atoms with E-state index in [1.165, 1.54) is 33.2 Å². The molecule has 3 aromatic carbocycles. The molecule has 0 aromatic heterocycles. The van der Waals surface area contributed by atoms with Crippen molar-refractivity contribution in [3.63, 3.8) is 0 Å². The van der Waals surface area contributed by atoms with Gasteiger partial charge in [-0.1, -0.05) is 72.8 Å². The quantitative estimate of drug-likeness (QED) is 0.712. The summed E-state index contributed by atoms with van der Waals surface area (Å²) in [4.78, 5) is 2.12. The third kappa shape index (κ3) is 3.41. The molecular weight excluding hydrogens is 290 g/mol. The largest absolute Gasteiger partial charge is 0.378 e. The third-order valence-corrected chi connectivity index (χ3v) is 4.26. The maximum absolute atomic E-state index is 3.99. The van der Waals surface area contributed by atoms with Gasteiger partial charge in [-0.25, -0.2) is 0 Å². The monoisotopic (exact) mass is 313 g/mol. The van der Waals surface area contributed by atoms with E-state index in [0.29, 0.717) is 0 Å². The molecule has 0 spiro atoms. The molecule has 0 saturated heterocycles. The zero-order valence-corrected chi connectivity index (χ0v) is 14.6. The Morgan fingerprint density at radius 1 is 0.708 bits per heavy atom. The molecule has 120 valence electrons. The van der Waals surface area contributed by atoms with Gasteiger partial charge in [0.05, 0.1) is 0 Å². The number of aryl methyl sites for hydroxylation is 1. The molecule has 0 fully saturated rings. The molecule has 0 aliphatic rings. The van der Waals surface area contributed by atoms with Gasteiger partial charge in [0.25, 0.3) is 0 Å². The molecule has 0 radical (unpaired) electrons. The molecule has 1 nitrogen and oxygen atoms in total. The minimum atomic E-state index is 1.03. The summed E-state index contributed by atoms with van der Waals surface area (Å²) in [6, 6.07) is 25.9. The number of hydrogen-bond acceptors (Lipinski definition) is 1. The van der Waals surface area contributed by atoms with Crippen LogP contribution in [0, 0.1) is 6.92 Å². The van der Waals surface area contributed by atoms with Gasteiger partial charge in [0.15, 0.2) is 0 Å². The van der Waals surface area contributed by atoms with Crippen LogP contribution in [-0.4, -0.2) is 14.1 Å². The van der Waals surface area contributed by atoms with Crippen molar-refractivity contribution in [2.24, 2.45) is 0 Å². The molecule has 0 unspecified atom stereocenters. The van der Waals surface area contributed by atoms with Crippen LogP contribution in [-0.2, 0) is 0 Å². The molecule has 0 N–H and O–H groups in total. The van der Waals surface area contributed by atoms with E-state index in [9.17, 15) is 0 Å². The van der Waals surface area contributed by atoms with Crippen molar-refractivity contribution < 1.29 is 0 Å². The highest BCUT2D eigenvalue weighted by atomic mass is 15.1. The number of anilines is 1. The second-order valence-corrected chi connectivity index (χ2v) is 6.38. The molecule has 0 aliphatic heterocycles. The van der Waals surface area contributed by atoms with Crippen LogP contribution >= 0.6 is 0 Å². The Kier molecular flexibility index (Phi) is 4.52. The van der Waals surface area contributed by atoms with E-state index in [-0.39, 0.29) is 0 Å². The average molecular weight is 313 g/mol. The number of hydrogen-bond donors (Lipinski definition) is 0. The van der Waals surface area contributed by atoms with Crippen molar-refractivity contribution in [1.29, 1.82) is 0 Å². The van der Waals surface area contributed by atoms with Crippen molar-refractivity contribution in [3.8, 4) is 0 Å². The molecule has 24 heavy (non-hydrogen) atoms. The van der Waals surface area contributed by atoms with Crippen molar-refractivity contribution >= 4 is 17.8 Å². The lowest BCUT2D eigenvalue weighted by atomic mass is 9.94. The summed E-state index contributed by atoms with van der Waals surface area (Å²) < 4.78 is 0. The Morgan fingerprint density at radius 2 is 1.21 bits per heavy atom. The highest BCUT2D eigenvalue weighted by Gasteiger charge is 2.07. The number of benzene rings is 3. The lowest BCUT2D eigenvalue weighted by Gasteiger charge is -2.14. The van der Waals surface area contributed by atoms with Crippen molar-refractivity contribution in [2.75, 3.05) is 19.0 Å². The van der Waals surface area contributed by atoms with Gasteiger partial charge in [0, 0.05) is 19.8 Å². The van der Waals surface area contributed by atoms with Crippen LogP contribution in [0.15, 0.2) is 72.8 Å². The normalized spacial score (nSPS) is 10.5. The van der Waals surface area contributed by atoms with Gasteiger partial charge in [-0.05, 0) is 46.2 Å². The number of rotatable bonds is 3. The van der Waals surface area contributed by atoms with Crippen molar-refractivity contribution in [2.45, 2.75) is 6.92 Å². The van der Waals surface area contributed by atoms with E-state index < -0.39 is 0 Å². The maximum atomic E-state index is 3.99. The van der Waals surface area contributed by atoms with Gasteiger partial charge in [0.2, 0.25) is 0 Å². The van der Waals surface area contributed by atoms with Gasteiger partial charge in [-0.3, -0.25) is 0 Å². The fourth-order valence-electron chi connectivity index (χ4n) is 2.82. The van der Waals surface area contributed by atoms with Crippen molar-refractivity contribution in [3.05, 3.63) is 99.9 Å². The molecule has 0 saturated carbocycles. The summed E-state index contributed by atoms with van der Waals surface area (Å²) in [6.45, 7) is 6.11. The van der Waals surface area contributed by atoms with E-state index in [1.54, 1.807) is 0 Å². The van der Waals surface area contributed by atoms with Crippen molar-refractivity contribution in [1.82, 2.24) is 0 Å². The van der Waals surface area contributed by atoms with Crippen LogP contribution in [0.4, 0.5) is 5.69 Å². The van der Waals surface area contributed by atoms with E-state index in [0.717, 1.165) is 5.22 Å². The summed E-state index contributed by atoms with van der Waals surface area (Å²) in [5.41, 5.74) is 6.18. The van der Waals surface area contributed by atoms with Crippen LogP contribution in [0.2, 0.25) is 0 Å². The molecule has 0 atom stereocenters. The second kappa shape index (κ2) is 6.76. The average Bonchev–Trinajstić information content (AvgIpc) is 2.59. The van der Waals surface area contributed by atoms with Crippen LogP contribution in [0.25, 0.3) is 12.2 Å². The first kappa shape index (κ1) is 16.1. The summed E-state index contributed by atoms with van der Waals surface area (Å²) in [6.07, 6.45) is 0. The van der Waals surface area contributed by atoms with E-state index in [1.807, 2.05) is 0 Å². The van der Waals surface area contributed by atoms with Crippen LogP contribution in [0.3, 0.4) is 0 Å². The fourth-order valence-corrected chi connectivity index (χ4v) is 2.82. The molecule has 3 rings (SSSR count). The summed E-state index contributed by atoms with van der Waals surface area (Å²) in [5.74, 6) is 0. The van der Waals surface area contributed by atoms with Gasteiger partial charge < -0.3 is 4.90 Å². The first-order valence-electron chi connectivity index (χ1n) is 8.19. The SMILES string of the molecule is C=c1ccc(=C(c2ccc(C)cc2)c2ccc(N(C)C)cc2)cc1. The minimum absolute atomic E-state index is 1.03. The fraction of sp³-hybridized carbons (Fsp3) is 0.130. The van der Waals surface area contributed by atoms with Gasteiger partial charge >= 0.3 is 0 Å². The molecule has 1 heteroatoms. The first-order chi connectivity index (χ1) is 11.5. The van der Waals surface area contributed by atoms with Crippen LogP contribution in [0.5, 0.6) is 0 Å². The lowest BCUT2D eigenvalue weighted by Crippen LogP contribution is -2.12. The number of nitrogens with zero attached hydrogens (tertiary/aromatic N) is 1. The third-order valence-electron chi connectivity index (χ3n) is 4.26. The van der Waals surface area contributed by atoms with Crippen LogP contribution in [0.1, 0.15) is 16.7 Å². The second-order valence-electron chi connectivity index (χ2n) is 6.38. The molecular formula is C23H23N. The summed E-state index contributed by atoms with van der Waals surface area (Å²) in [5, 5.41) is 2.24. The highest BCUT2D eigenvalue weighted by molar-refractivity contribution is 5.80. The topological polar surface area (TPSA) is 3.24 Å². The van der Waals surface area contributed by atoms with E-state index in [4.69, 9.17) is 0 Å². The molecule has 0 bridgehead atoms. The zero-order valence-electron chi connectivity index (χ0n) is 14.6. The molecule has 0 aliphatic carbocycles. The Morgan fingerprint density at radius 3 is 1.71 bits per heavy atom. The molecule has 0 heterocycles. The molecule has 3 aromatic rings. The Labute approximate surface area is 144 Å². The lowest BCUT2D eigenvalue weighted by molar-refractivity contribution is 1.13. The Bertz CT molecular complexity index is 909. The minimum Gasteiger partial charge on any atom is -0.378 e. The highest BCUT2D eigenvalue weighted by Crippen LogP contribution is 2.23. The maximum Gasteiger partial charge on any atom is 0.0361 e. The van der Waals surface area contributed by atoms with Gasteiger partial charge in [-0.2, -0.15) is 0 Å².